The number of halogens is 1. The number of nitrogens with zero attached hydrogens (tertiary/aromatic N) is 1. The van der Waals surface area contributed by atoms with Gasteiger partial charge in [0.05, 0.1) is 13.2 Å². The van der Waals surface area contributed by atoms with E-state index in [1.807, 2.05) is 0 Å². The predicted octanol–water partition coefficient (Wildman–Crippen LogP) is 4.42. The summed E-state index contributed by atoms with van der Waals surface area (Å²) in [6, 6.07) is 14.8. The van der Waals surface area contributed by atoms with Crippen LogP contribution in [0.3, 0.4) is 0 Å². The quantitative estimate of drug-likeness (QED) is 0.222. The summed E-state index contributed by atoms with van der Waals surface area (Å²) >= 11 is 0. The van der Waals surface area contributed by atoms with E-state index in [0.29, 0.717) is 19.1 Å². The zero-order valence-electron chi connectivity index (χ0n) is 18.8. The second kappa shape index (κ2) is 12.1. The number of aryl methyl sites for hydroxylation is 1. The fourth-order valence-corrected chi connectivity index (χ4v) is 3.92. The van der Waals surface area contributed by atoms with Crippen molar-refractivity contribution >= 4 is 40.8 Å². The fraction of sp³-hybridized carbons (Fsp3) is 0.400. The Morgan fingerprint density at radius 3 is 2.88 bits per heavy atom. The van der Waals surface area contributed by atoms with Gasteiger partial charge in [-0.15, -0.1) is 24.0 Å². The van der Waals surface area contributed by atoms with Crippen LogP contribution in [0.4, 0.5) is 0 Å². The Morgan fingerprint density at radius 1 is 1.19 bits per heavy atom. The van der Waals surface area contributed by atoms with Gasteiger partial charge < -0.3 is 25.1 Å². The Balaban J connectivity index is 0.00000289. The van der Waals surface area contributed by atoms with Gasteiger partial charge in [-0.1, -0.05) is 30.3 Å². The summed E-state index contributed by atoms with van der Waals surface area (Å²) < 4.78 is 11.6. The summed E-state index contributed by atoms with van der Waals surface area (Å²) in [5, 5.41) is 8.11. The summed E-state index contributed by atoms with van der Waals surface area (Å²) in [4.78, 5) is 7.70. The molecule has 1 unspecified atom stereocenters. The van der Waals surface area contributed by atoms with Gasteiger partial charge in [0, 0.05) is 55.3 Å². The highest BCUT2D eigenvalue weighted by atomic mass is 127. The molecule has 1 saturated heterocycles. The second-order valence-electron chi connectivity index (χ2n) is 8.11. The highest BCUT2D eigenvalue weighted by Gasteiger charge is 2.17. The molecule has 6 nitrogen and oxygen atoms in total. The molecule has 172 valence electrons. The molecule has 3 aromatic rings. The summed E-state index contributed by atoms with van der Waals surface area (Å²) in [5.41, 5.74) is 4.81. The van der Waals surface area contributed by atoms with E-state index in [4.69, 9.17) is 9.47 Å². The van der Waals surface area contributed by atoms with Gasteiger partial charge in [-0.05, 0) is 43.0 Å². The Morgan fingerprint density at radius 2 is 2.06 bits per heavy atom. The maximum Gasteiger partial charge on any atom is 0.191 e. The number of ether oxygens (including phenoxy) is 2. The number of benzene rings is 2. The minimum absolute atomic E-state index is 0. The summed E-state index contributed by atoms with van der Waals surface area (Å²) in [6.07, 6.45) is 4.09. The highest BCUT2D eigenvalue weighted by Crippen LogP contribution is 2.23. The van der Waals surface area contributed by atoms with Crippen LogP contribution in [-0.4, -0.2) is 44.4 Å². The van der Waals surface area contributed by atoms with E-state index in [1.165, 1.54) is 22.0 Å². The number of fused-ring (bicyclic) bond motifs is 1. The number of hydrogen-bond donors (Lipinski definition) is 3. The molecule has 1 aromatic heterocycles. The van der Waals surface area contributed by atoms with Crippen LogP contribution in [0.2, 0.25) is 0 Å². The van der Waals surface area contributed by atoms with Crippen LogP contribution in [0.25, 0.3) is 10.9 Å². The van der Waals surface area contributed by atoms with Gasteiger partial charge in [0.15, 0.2) is 5.96 Å². The van der Waals surface area contributed by atoms with E-state index in [0.717, 1.165) is 49.9 Å². The molecule has 4 rings (SSSR count). The number of aliphatic imine (C=N–C) groups is 1. The molecule has 0 saturated carbocycles. The molecule has 3 N–H and O–H groups in total. The van der Waals surface area contributed by atoms with E-state index in [2.05, 4.69) is 76.2 Å². The number of H-pyrrole nitrogens is 1. The summed E-state index contributed by atoms with van der Waals surface area (Å²) in [6.45, 7) is 5.90. The lowest BCUT2D eigenvalue weighted by Gasteiger charge is -2.17. The molecular formula is C25H33IN4O2. The molecule has 0 amide bonds. The zero-order chi connectivity index (χ0) is 21.5. The smallest absolute Gasteiger partial charge is 0.191 e. The molecule has 0 radical (unpaired) electrons. The number of nitrogens with one attached hydrogen (secondary N) is 3. The second-order valence-corrected chi connectivity index (χ2v) is 8.11. The van der Waals surface area contributed by atoms with Crippen LogP contribution in [0.1, 0.15) is 23.1 Å². The molecule has 1 atom stereocenters. The largest absolute Gasteiger partial charge is 0.493 e. The van der Waals surface area contributed by atoms with Gasteiger partial charge in [0.1, 0.15) is 5.75 Å². The fourth-order valence-electron chi connectivity index (χ4n) is 3.92. The Kier molecular flexibility index (Phi) is 9.23. The van der Waals surface area contributed by atoms with E-state index >= 15 is 0 Å². The molecule has 1 aliphatic rings. The molecule has 0 bridgehead atoms. The van der Waals surface area contributed by atoms with Crippen molar-refractivity contribution in [3.63, 3.8) is 0 Å². The van der Waals surface area contributed by atoms with Crippen molar-refractivity contribution in [3.05, 3.63) is 65.4 Å². The molecule has 0 aliphatic carbocycles. The van der Waals surface area contributed by atoms with Crippen LogP contribution in [0.15, 0.2) is 53.7 Å². The van der Waals surface area contributed by atoms with Crippen molar-refractivity contribution in [2.24, 2.45) is 10.9 Å². The van der Waals surface area contributed by atoms with Crippen molar-refractivity contribution in [1.29, 1.82) is 0 Å². The third kappa shape index (κ3) is 6.38. The number of aromatic amines is 1. The van der Waals surface area contributed by atoms with Crippen LogP contribution in [0.5, 0.6) is 5.75 Å². The topological polar surface area (TPSA) is 70.7 Å². The van der Waals surface area contributed by atoms with Crippen molar-refractivity contribution in [2.45, 2.75) is 26.3 Å². The van der Waals surface area contributed by atoms with Gasteiger partial charge in [-0.3, -0.25) is 4.99 Å². The van der Waals surface area contributed by atoms with Gasteiger partial charge >= 0.3 is 0 Å². The lowest BCUT2D eigenvalue weighted by Crippen LogP contribution is -2.37. The molecule has 0 spiro atoms. The van der Waals surface area contributed by atoms with E-state index in [1.54, 1.807) is 7.05 Å². The average molecular weight is 548 g/mol. The minimum atomic E-state index is 0. The average Bonchev–Trinajstić information content (AvgIpc) is 3.46. The van der Waals surface area contributed by atoms with Gasteiger partial charge in [0.25, 0.3) is 0 Å². The standard InChI is InChI=1S/C25H32N4O2.HI/c1-18-7-8-21(24(13-18)31-17-19-10-12-30-16-19)15-29-25(26-2)27-11-9-20-14-28-23-6-4-3-5-22(20)23;/h3-8,13-14,19,28H,9-12,15-17H2,1-2H3,(H2,26,27,29);1H. The number of hydrogen-bond acceptors (Lipinski definition) is 3. The first-order valence-electron chi connectivity index (χ1n) is 11.0. The molecule has 32 heavy (non-hydrogen) atoms. The summed E-state index contributed by atoms with van der Waals surface area (Å²) in [5.74, 6) is 2.21. The van der Waals surface area contributed by atoms with Crippen LogP contribution < -0.4 is 15.4 Å². The summed E-state index contributed by atoms with van der Waals surface area (Å²) in [7, 11) is 1.80. The van der Waals surface area contributed by atoms with Crippen LogP contribution >= 0.6 is 24.0 Å². The van der Waals surface area contributed by atoms with Gasteiger partial charge in [-0.2, -0.15) is 0 Å². The zero-order valence-corrected chi connectivity index (χ0v) is 21.1. The molecule has 2 aromatic carbocycles. The Hall–Kier alpha value is -2.26. The third-order valence-electron chi connectivity index (χ3n) is 5.75. The van der Waals surface area contributed by atoms with Crippen molar-refractivity contribution in [2.75, 3.05) is 33.4 Å². The van der Waals surface area contributed by atoms with E-state index < -0.39 is 0 Å². The van der Waals surface area contributed by atoms with Crippen LogP contribution in [-0.2, 0) is 17.7 Å². The number of para-hydroxylation sites is 1. The first kappa shape index (κ1) is 24.4. The Labute approximate surface area is 207 Å². The number of rotatable bonds is 8. The lowest BCUT2D eigenvalue weighted by atomic mass is 10.1. The molecule has 1 aliphatic heterocycles. The first-order chi connectivity index (χ1) is 15.2. The van der Waals surface area contributed by atoms with Crippen molar-refractivity contribution in [1.82, 2.24) is 15.6 Å². The van der Waals surface area contributed by atoms with Crippen molar-refractivity contribution in [3.8, 4) is 5.75 Å². The normalized spacial score (nSPS) is 16.1. The number of guanidine groups is 1. The number of aromatic nitrogens is 1. The minimum Gasteiger partial charge on any atom is -0.493 e. The monoisotopic (exact) mass is 548 g/mol. The van der Waals surface area contributed by atoms with Crippen LogP contribution in [0, 0.1) is 12.8 Å². The van der Waals surface area contributed by atoms with E-state index in [9.17, 15) is 0 Å². The SMILES string of the molecule is CN=C(NCCc1c[nH]c2ccccc12)NCc1ccc(C)cc1OCC1CCOC1.I. The van der Waals surface area contributed by atoms with Crippen molar-refractivity contribution < 1.29 is 9.47 Å². The highest BCUT2D eigenvalue weighted by molar-refractivity contribution is 14.0. The third-order valence-corrected chi connectivity index (χ3v) is 5.75. The van der Waals surface area contributed by atoms with Gasteiger partial charge in [0.2, 0.25) is 0 Å². The molecular weight excluding hydrogens is 515 g/mol. The first-order valence-corrected chi connectivity index (χ1v) is 11.0. The lowest BCUT2D eigenvalue weighted by molar-refractivity contribution is 0.166. The molecule has 7 heteroatoms. The molecule has 2 heterocycles. The van der Waals surface area contributed by atoms with Gasteiger partial charge in [-0.25, -0.2) is 0 Å². The molecule has 1 fully saturated rings. The maximum absolute atomic E-state index is 6.16. The maximum atomic E-state index is 6.16. The predicted molar refractivity (Wildman–Crippen MR) is 141 cm³/mol. The Bertz CT molecular complexity index is 1030. The van der Waals surface area contributed by atoms with E-state index in [-0.39, 0.29) is 24.0 Å².